The molecule has 0 spiro atoms. The van der Waals surface area contributed by atoms with Gasteiger partial charge in [-0.15, -0.1) is 10.2 Å². The van der Waals surface area contributed by atoms with E-state index in [2.05, 4.69) is 20.5 Å². The van der Waals surface area contributed by atoms with Gasteiger partial charge in [-0.2, -0.15) is 0 Å². The summed E-state index contributed by atoms with van der Waals surface area (Å²) in [4.78, 5) is 15.3. The summed E-state index contributed by atoms with van der Waals surface area (Å²) in [5.74, 6) is 1.24. The molecule has 0 atom stereocenters. The van der Waals surface area contributed by atoms with Gasteiger partial charge < -0.3 is 15.8 Å². The van der Waals surface area contributed by atoms with Crippen molar-refractivity contribution in [3.05, 3.63) is 24.0 Å². The summed E-state index contributed by atoms with van der Waals surface area (Å²) >= 11 is 0. The quantitative estimate of drug-likeness (QED) is 0.781. The molecule has 7 heteroatoms. The first-order valence-electron chi connectivity index (χ1n) is 5.67. The van der Waals surface area contributed by atoms with Gasteiger partial charge in [0.1, 0.15) is 17.3 Å². The lowest BCUT2D eigenvalue weighted by Gasteiger charge is -2.18. The zero-order chi connectivity index (χ0) is 13.4. The van der Waals surface area contributed by atoms with Crippen molar-refractivity contribution in [2.45, 2.75) is 6.92 Å². The number of carbonyl (C=O) groups is 1. The molecule has 0 saturated carbocycles. The van der Waals surface area contributed by atoms with Crippen molar-refractivity contribution in [1.82, 2.24) is 15.2 Å². The number of aromatic nitrogens is 3. The number of anilines is 2. The van der Waals surface area contributed by atoms with Crippen molar-refractivity contribution in [3.8, 4) is 17.0 Å². The van der Waals surface area contributed by atoms with Gasteiger partial charge in [-0.3, -0.25) is 4.79 Å². The molecule has 19 heavy (non-hydrogen) atoms. The SMILES string of the molecule is Cc1nnc(-c2ccc3c(c2)NC(=O)CO3)c(N)n1. The minimum atomic E-state index is -0.189. The van der Waals surface area contributed by atoms with E-state index in [1.807, 2.05) is 0 Å². The second-order valence-electron chi connectivity index (χ2n) is 4.14. The zero-order valence-electron chi connectivity index (χ0n) is 10.2. The molecular formula is C12H11N5O2. The second kappa shape index (κ2) is 4.20. The van der Waals surface area contributed by atoms with E-state index in [9.17, 15) is 4.79 Å². The van der Waals surface area contributed by atoms with Crippen molar-refractivity contribution < 1.29 is 9.53 Å². The molecule has 7 nitrogen and oxygen atoms in total. The number of rotatable bonds is 1. The van der Waals surface area contributed by atoms with Crippen LogP contribution in [0.25, 0.3) is 11.3 Å². The van der Waals surface area contributed by atoms with Crippen LogP contribution in [-0.2, 0) is 4.79 Å². The molecule has 0 bridgehead atoms. The number of carbonyl (C=O) groups excluding carboxylic acids is 1. The molecule has 1 aliphatic rings. The van der Waals surface area contributed by atoms with E-state index >= 15 is 0 Å². The Kier molecular flexibility index (Phi) is 2.52. The number of fused-ring (bicyclic) bond motifs is 1. The first-order valence-corrected chi connectivity index (χ1v) is 5.67. The Bertz CT molecular complexity index is 671. The largest absolute Gasteiger partial charge is 0.482 e. The lowest BCUT2D eigenvalue weighted by Crippen LogP contribution is -2.25. The average Bonchev–Trinajstić information content (AvgIpc) is 2.38. The van der Waals surface area contributed by atoms with E-state index < -0.39 is 0 Å². The molecule has 3 N–H and O–H groups in total. The molecule has 0 unspecified atom stereocenters. The van der Waals surface area contributed by atoms with Crippen LogP contribution < -0.4 is 15.8 Å². The van der Waals surface area contributed by atoms with Gasteiger partial charge in [0.2, 0.25) is 0 Å². The monoisotopic (exact) mass is 257 g/mol. The van der Waals surface area contributed by atoms with E-state index in [1.165, 1.54) is 0 Å². The van der Waals surface area contributed by atoms with Gasteiger partial charge in [0.25, 0.3) is 5.91 Å². The molecule has 96 valence electrons. The van der Waals surface area contributed by atoms with Gasteiger partial charge in [-0.25, -0.2) is 4.98 Å². The maximum atomic E-state index is 11.3. The summed E-state index contributed by atoms with van der Waals surface area (Å²) in [6.45, 7) is 1.74. The normalized spacial score (nSPS) is 13.4. The van der Waals surface area contributed by atoms with Crippen molar-refractivity contribution in [2.75, 3.05) is 17.7 Å². The Morgan fingerprint density at radius 2 is 2.21 bits per heavy atom. The topological polar surface area (TPSA) is 103 Å². The Labute approximate surface area is 108 Å². The summed E-state index contributed by atoms with van der Waals surface area (Å²) < 4.78 is 5.28. The number of amides is 1. The second-order valence-corrected chi connectivity index (χ2v) is 4.14. The van der Waals surface area contributed by atoms with E-state index in [1.54, 1.807) is 25.1 Å². The highest BCUT2D eigenvalue weighted by atomic mass is 16.5. The van der Waals surface area contributed by atoms with Crippen LogP contribution >= 0.6 is 0 Å². The lowest BCUT2D eigenvalue weighted by molar-refractivity contribution is -0.118. The first kappa shape index (κ1) is 11.4. The van der Waals surface area contributed by atoms with Crippen LogP contribution in [0.4, 0.5) is 11.5 Å². The molecule has 1 aliphatic heterocycles. The molecule has 1 aromatic heterocycles. The fourth-order valence-corrected chi connectivity index (χ4v) is 1.86. The number of nitrogen functional groups attached to an aromatic ring is 1. The minimum Gasteiger partial charge on any atom is -0.482 e. The highest BCUT2D eigenvalue weighted by Crippen LogP contribution is 2.33. The number of nitrogens with two attached hydrogens (primary N) is 1. The molecule has 2 heterocycles. The third kappa shape index (κ3) is 2.05. The van der Waals surface area contributed by atoms with Crippen LogP contribution in [0.1, 0.15) is 5.82 Å². The molecule has 1 amide bonds. The smallest absolute Gasteiger partial charge is 0.262 e. The number of hydrogen-bond donors (Lipinski definition) is 2. The Hall–Kier alpha value is -2.70. The van der Waals surface area contributed by atoms with Gasteiger partial charge in [0.15, 0.2) is 12.4 Å². The van der Waals surface area contributed by atoms with Crippen molar-refractivity contribution in [1.29, 1.82) is 0 Å². The third-order valence-electron chi connectivity index (χ3n) is 2.71. The van der Waals surface area contributed by atoms with Gasteiger partial charge >= 0.3 is 0 Å². The molecular weight excluding hydrogens is 246 g/mol. The fraction of sp³-hybridized carbons (Fsp3) is 0.167. The number of nitrogens with one attached hydrogen (secondary N) is 1. The zero-order valence-corrected chi connectivity index (χ0v) is 10.2. The van der Waals surface area contributed by atoms with Crippen LogP contribution in [0.5, 0.6) is 5.75 Å². The van der Waals surface area contributed by atoms with E-state index in [-0.39, 0.29) is 12.5 Å². The summed E-state index contributed by atoms with van der Waals surface area (Å²) in [7, 11) is 0. The number of aryl methyl sites for hydroxylation is 1. The highest BCUT2D eigenvalue weighted by Gasteiger charge is 2.17. The summed E-state index contributed by atoms with van der Waals surface area (Å²) in [5, 5.41) is 10.6. The molecule has 0 radical (unpaired) electrons. The Balaban J connectivity index is 2.06. The number of benzene rings is 1. The van der Waals surface area contributed by atoms with E-state index in [0.29, 0.717) is 28.8 Å². The predicted octanol–water partition coefficient (Wildman–Crippen LogP) is 0.760. The van der Waals surface area contributed by atoms with Gasteiger partial charge in [0, 0.05) is 5.56 Å². The Morgan fingerprint density at radius 1 is 1.37 bits per heavy atom. The summed E-state index contributed by atoms with van der Waals surface area (Å²) in [5.41, 5.74) is 7.62. The summed E-state index contributed by atoms with van der Waals surface area (Å²) in [6, 6.07) is 5.29. The molecule has 3 rings (SSSR count). The van der Waals surface area contributed by atoms with Gasteiger partial charge in [-0.1, -0.05) is 0 Å². The molecule has 0 fully saturated rings. The Morgan fingerprint density at radius 3 is 3.00 bits per heavy atom. The van der Waals surface area contributed by atoms with Crippen LogP contribution in [0, 0.1) is 6.92 Å². The molecule has 0 aliphatic carbocycles. The van der Waals surface area contributed by atoms with Crippen LogP contribution in [-0.4, -0.2) is 27.7 Å². The predicted molar refractivity (Wildman–Crippen MR) is 68.5 cm³/mol. The first-order chi connectivity index (χ1) is 9.13. The number of ether oxygens (including phenoxy) is 1. The van der Waals surface area contributed by atoms with Crippen molar-refractivity contribution in [2.24, 2.45) is 0 Å². The highest BCUT2D eigenvalue weighted by molar-refractivity contribution is 5.96. The molecule has 2 aromatic rings. The van der Waals surface area contributed by atoms with Crippen LogP contribution in [0.2, 0.25) is 0 Å². The standard InChI is InChI=1S/C12H11N5O2/c1-6-14-12(13)11(17-16-6)7-2-3-9-8(4-7)15-10(18)5-19-9/h2-4H,5H2,1H3,(H,15,18)(H2,13,14,16). The van der Waals surface area contributed by atoms with Gasteiger partial charge in [0.05, 0.1) is 5.69 Å². The summed E-state index contributed by atoms with van der Waals surface area (Å²) in [6.07, 6.45) is 0. The van der Waals surface area contributed by atoms with Crippen LogP contribution in [0.3, 0.4) is 0 Å². The van der Waals surface area contributed by atoms with Crippen LogP contribution in [0.15, 0.2) is 18.2 Å². The van der Waals surface area contributed by atoms with E-state index in [0.717, 1.165) is 5.56 Å². The van der Waals surface area contributed by atoms with Gasteiger partial charge in [-0.05, 0) is 25.1 Å². The van der Waals surface area contributed by atoms with E-state index in [4.69, 9.17) is 10.5 Å². The maximum Gasteiger partial charge on any atom is 0.262 e. The van der Waals surface area contributed by atoms with Crippen molar-refractivity contribution in [3.63, 3.8) is 0 Å². The number of nitrogens with zero attached hydrogens (tertiary/aromatic N) is 3. The third-order valence-corrected chi connectivity index (χ3v) is 2.71. The minimum absolute atomic E-state index is 0.0282. The molecule has 1 aromatic carbocycles. The fourth-order valence-electron chi connectivity index (χ4n) is 1.86. The average molecular weight is 257 g/mol. The lowest BCUT2D eigenvalue weighted by atomic mass is 10.1. The number of hydrogen-bond acceptors (Lipinski definition) is 6. The molecule has 0 saturated heterocycles. The van der Waals surface area contributed by atoms with Crippen molar-refractivity contribution >= 4 is 17.4 Å². The maximum absolute atomic E-state index is 11.3.